The Kier molecular flexibility index (Phi) is 2.28. The van der Waals surface area contributed by atoms with E-state index in [0.29, 0.717) is 17.5 Å². The van der Waals surface area contributed by atoms with Crippen molar-refractivity contribution in [2.45, 2.75) is 18.8 Å². The summed E-state index contributed by atoms with van der Waals surface area (Å²) in [7, 11) is 1.69. The van der Waals surface area contributed by atoms with Crippen LogP contribution in [0.15, 0.2) is 28.8 Å². The summed E-state index contributed by atoms with van der Waals surface area (Å²) in [6.07, 6.45) is 2.51. The highest BCUT2D eigenvalue weighted by Gasteiger charge is 2.26. The molecule has 1 aromatic heterocycles. The minimum absolute atomic E-state index is 0.394. The minimum Gasteiger partial charge on any atom is -0.496 e. The third-order valence-electron chi connectivity index (χ3n) is 3.06. The quantitative estimate of drug-likeness (QED) is 0.880. The highest BCUT2D eigenvalue weighted by atomic mass is 16.5. The Morgan fingerprint density at radius 1 is 1.35 bits per heavy atom. The maximum absolute atomic E-state index is 5.54. The standard InChI is InChI=1S/C13H14N2O2/c1-16-12-6-9(11-7-13(14)15-17-11)4-5-10(12)8-2-3-8/h4-8H,2-3H2,1H3,(H2,14,15). The molecule has 2 aromatic rings. The van der Waals surface area contributed by atoms with E-state index in [0.717, 1.165) is 11.3 Å². The van der Waals surface area contributed by atoms with Crippen LogP contribution in [-0.4, -0.2) is 12.3 Å². The van der Waals surface area contributed by atoms with Gasteiger partial charge in [0.2, 0.25) is 0 Å². The normalized spacial score (nSPS) is 14.9. The second-order valence-electron chi connectivity index (χ2n) is 4.35. The molecule has 17 heavy (non-hydrogen) atoms. The van der Waals surface area contributed by atoms with E-state index in [2.05, 4.69) is 11.2 Å². The van der Waals surface area contributed by atoms with Crippen molar-refractivity contribution in [2.75, 3.05) is 12.8 Å². The smallest absolute Gasteiger partial charge is 0.169 e. The number of nitrogens with zero attached hydrogens (tertiary/aromatic N) is 1. The maximum atomic E-state index is 5.54. The molecule has 1 heterocycles. The van der Waals surface area contributed by atoms with Crippen molar-refractivity contribution < 1.29 is 9.26 Å². The average Bonchev–Trinajstić information content (AvgIpc) is 3.11. The Balaban J connectivity index is 2.01. The molecule has 1 aliphatic rings. The number of nitrogen functional groups attached to an aromatic ring is 1. The van der Waals surface area contributed by atoms with Crippen molar-refractivity contribution in [3.8, 4) is 17.1 Å². The summed E-state index contributed by atoms with van der Waals surface area (Å²) in [6, 6.07) is 7.82. The molecule has 4 heteroatoms. The van der Waals surface area contributed by atoms with Crippen molar-refractivity contribution in [3.63, 3.8) is 0 Å². The Labute approximate surface area is 99.4 Å². The van der Waals surface area contributed by atoms with Crippen LogP contribution in [0.25, 0.3) is 11.3 Å². The van der Waals surface area contributed by atoms with E-state index in [1.165, 1.54) is 18.4 Å². The molecule has 0 saturated heterocycles. The summed E-state index contributed by atoms with van der Waals surface area (Å²) >= 11 is 0. The summed E-state index contributed by atoms with van der Waals surface area (Å²) < 4.78 is 10.6. The molecule has 4 nitrogen and oxygen atoms in total. The lowest BCUT2D eigenvalue weighted by atomic mass is 10.1. The van der Waals surface area contributed by atoms with Gasteiger partial charge in [-0.25, -0.2) is 0 Å². The predicted molar refractivity (Wildman–Crippen MR) is 64.9 cm³/mol. The summed E-state index contributed by atoms with van der Waals surface area (Å²) in [6.45, 7) is 0. The molecule has 1 saturated carbocycles. The van der Waals surface area contributed by atoms with E-state index in [1.54, 1.807) is 13.2 Å². The molecule has 0 radical (unpaired) electrons. The van der Waals surface area contributed by atoms with Crippen LogP contribution in [-0.2, 0) is 0 Å². The highest BCUT2D eigenvalue weighted by molar-refractivity contribution is 5.63. The fraction of sp³-hybridized carbons (Fsp3) is 0.308. The zero-order valence-corrected chi connectivity index (χ0v) is 9.64. The number of nitrogens with two attached hydrogens (primary N) is 1. The molecule has 0 amide bonds. The molecular formula is C13H14N2O2. The van der Waals surface area contributed by atoms with E-state index in [4.69, 9.17) is 15.0 Å². The number of ether oxygens (including phenoxy) is 1. The van der Waals surface area contributed by atoms with E-state index in [9.17, 15) is 0 Å². The zero-order valence-electron chi connectivity index (χ0n) is 9.64. The molecule has 3 rings (SSSR count). The fourth-order valence-electron chi connectivity index (χ4n) is 2.02. The summed E-state index contributed by atoms with van der Waals surface area (Å²) in [4.78, 5) is 0. The maximum Gasteiger partial charge on any atom is 0.169 e. The lowest BCUT2D eigenvalue weighted by Gasteiger charge is -2.08. The number of hydrogen-bond donors (Lipinski definition) is 1. The van der Waals surface area contributed by atoms with Crippen molar-refractivity contribution >= 4 is 5.82 Å². The van der Waals surface area contributed by atoms with Crippen molar-refractivity contribution in [3.05, 3.63) is 29.8 Å². The first kappa shape index (κ1) is 10.2. The number of rotatable bonds is 3. The van der Waals surface area contributed by atoms with E-state index in [-0.39, 0.29) is 0 Å². The summed E-state index contributed by atoms with van der Waals surface area (Å²) in [5, 5.41) is 3.68. The van der Waals surface area contributed by atoms with Gasteiger partial charge in [0.25, 0.3) is 0 Å². The lowest BCUT2D eigenvalue weighted by Crippen LogP contribution is -1.90. The average molecular weight is 230 g/mol. The Hall–Kier alpha value is -1.97. The van der Waals surface area contributed by atoms with Gasteiger partial charge in [0, 0.05) is 11.6 Å². The van der Waals surface area contributed by atoms with Gasteiger partial charge in [0.05, 0.1) is 7.11 Å². The SMILES string of the molecule is COc1cc(-c2cc(N)no2)ccc1C1CC1. The molecule has 1 aliphatic carbocycles. The second kappa shape index (κ2) is 3.80. The predicted octanol–water partition coefficient (Wildman–Crippen LogP) is 2.81. The van der Waals surface area contributed by atoms with Gasteiger partial charge in [-0.1, -0.05) is 17.3 Å². The molecule has 0 aliphatic heterocycles. The molecule has 88 valence electrons. The van der Waals surface area contributed by atoms with Crippen molar-refractivity contribution in [2.24, 2.45) is 0 Å². The van der Waals surface area contributed by atoms with Gasteiger partial charge < -0.3 is 15.0 Å². The topological polar surface area (TPSA) is 61.3 Å². The first-order valence-electron chi connectivity index (χ1n) is 5.68. The van der Waals surface area contributed by atoms with Gasteiger partial charge in [0.1, 0.15) is 5.75 Å². The number of benzene rings is 1. The van der Waals surface area contributed by atoms with Gasteiger partial charge in [0.15, 0.2) is 11.6 Å². The fourth-order valence-corrected chi connectivity index (χ4v) is 2.02. The van der Waals surface area contributed by atoms with Crippen LogP contribution in [0.2, 0.25) is 0 Å². The summed E-state index contributed by atoms with van der Waals surface area (Å²) in [5.74, 6) is 2.65. The van der Waals surface area contributed by atoms with Gasteiger partial charge in [-0.2, -0.15) is 0 Å². The van der Waals surface area contributed by atoms with Crippen molar-refractivity contribution in [1.29, 1.82) is 0 Å². The molecular weight excluding hydrogens is 216 g/mol. The van der Waals surface area contributed by atoms with E-state index < -0.39 is 0 Å². The number of hydrogen-bond acceptors (Lipinski definition) is 4. The third-order valence-corrected chi connectivity index (χ3v) is 3.06. The van der Waals surface area contributed by atoms with Gasteiger partial charge >= 0.3 is 0 Å². The molecule has 2 N–H and O–H groups in total. The molecule has 1 aromatic carbocycles. The van der Waals surface area contributed by atoms with Crippen molar-refractivity contribution in [1.82, 2.24) is 5.16 Å². The molecule has 0 atom stereocenters. The molecule has 1 fully saturated rings. The van der Waals surface area contributed by atoms with Crippen LogP contribution in [0.1, 0.15) is 24.3 Å². The molecule has 0 spiro atoms. The largest absolute Gasteiger partial charge is 0.496 e. The van der Waals surface area contributed by atoms with E-state index in [1.807, 2.05) is 12.1 Å². The Bertz CT molecular complexity index is 544. The first-order chi connectivity index (χ1) is 8.28. The Morgan fingerprint density at radius 3 is 2.76 bits per heavy atom. The first-order valence-corrected chi connectivity index (χ1v) is 5.68. The van der Waals surface area contributed by atoms with Crippen LogP contribution in [0.5, 0.6) is 5.75 Å². The monoisotopic (exact) mass is 230 g/mol. The van der Waals surface area contributed by atoms with Crippen LogP contribution in [0, 0.1) is 0 Å². The highest BCUT2D eigenvalue weighted by Crippen LogP contribution is 2.45. The van der Waals surface area contributed by atoms with Gasteiger partial charge in [-0.3, -0.25) is 0 Å². The third kappa shape index (κ3) is 1.86. The minimum atomic E-state index is 0.394. The molecule has 0 bridgehead atoms. The zero-order chi connectivity index (χ0) is 11.8. The second-order valence-corrected chi connectivity index (χ2v) is 4.35. The lowest BCUT2D eigenvalue weighted by molar-refractivity contribution is 0.409. The van der Waals surface area contributed by atoms with Crippen LogP contribution in [0.4, 0.5) is 5.82 Å². The summed E-state index contributed by atoms with van der Waals surface area (Å²) in [5.41, 5.74) is 7.76. The number of methoxy groups -OCH3 is 1. The van der Waals surface area contributed by atoms with E-state index >= 15 is 0 Å². The van der Waals surface area contributed by atoms with Gasteiger partial charge in [-0.05, 0) is 30.4 Å². The van der Waals surface area contributed by atoms with Crippen LogP contribution >= 0.6 is 0 Å². The van der Waals surface area contributed by atoms with Gasteiger partial charge in [-0.15, -0.1) is 0 Å². The number of anilines is 1. The molecule has 0 unspecified atom stereocenters. The van der Waals surface area contributed by atoms with Crippen LogP contribution < -0.4 is 10.5 Å². The van der Waals surface area contributed by atoms with Crippen LogP contribution in [0.3, 0.4) is 0 Å². The number of aromatic nitrogens is 1. The Morgan fingerprint density at radius 2 is 2.18 bits per heavy atom.